The molecule has 2 unspecified atom stereocenters. The number of halogens is 2. The molecule has 18 heavy (non-hydrogen) atoms. The zero-order valence-electron chi connectivity index (χ0n) is 9.77. The Kier molecular flexibility index (Phi) is 4.69. The SMILES string of the molecule is O=S(=O)(NC1CCCC1CBr)c1ccccc1Cl. The van der Waals surface area contributed by atoms with Crippen LogP contribution in [0.2, 0.25) is 5.02 Å². The van der Waals surface area contributed by atoms with Gasteiger partial charge in [-0.3, -0.25) is 0 Å². The lowest BCUT2D eigenvalue weighted by molar-refractivity contribution is 0.484. The van der Waals surface area contributed by atoms with Crippen molar-refractivity contribution in [2.75, 3.05) is 5.33 Å². The third kappa shape index (κ3) is 3.07. The Balaban J connectivity index is 2.20. The van der Waals surface area contributed by atoms with E-state index in [0.29, 0.717) is 5.92 Å². The Hall–Kier alpha value is -0.100. The normalized spacial score (nSPS) is 24.3. The standard InChI is InChI=1S/C12H15BrClNO2S/c13-8-9-4-3-6-11(9)15-18(16,17)12-7-2-1-5-10(12)14/h1-2,5,7,9,11,15H,3-4,6,8H2. The van der Waals surface area contributed by atoms with Gasteiger partial charge in [0.1, 0.15) is 4.90 Å². The van der Waals surface area contributed by atoms with Crippen molar-refractivity contribution in [1.29, 1.82) is 0 Å². The van der Waals surface area contributed by atoms with E-state index in [-0.39, 0.29) is 16.0 Å². The van der Waals surface area contributed by atoms with Crippen LogP contribution in [-0.2, 0) is 10.0 Å². The Labute approximate surface area is 121 Å². The lowest BCUT2D eigenvalue weighted by atomic mass is 10.1. The van der Waals surface area contributed by atoms with Gasteiger partial charge in [0.25, 0.3) is 0 Å². The molecule has 100 valence electrons. The summed E-state index contributed by atoms with van der Waals surface area (Å²) in [6.07, 6.45) is 3.01. The van der Waals surface area contributed by atoms with Gasteiger partial charge in [-0.05, 0) is 30.9 Å². The topological polar surface area (TPSA) is 46.2 Å². The van der Waals surface area contributed by atoms with E-state index in [9.17, 15) is 8.42 Å². The Morgan fingerprint density at radius 2 is 2.06 bits per heavy atom. The second-order valence-corrected chi connectivity index (χ2v) is 7.24. The second-order valence-electron chi connectivity index (χ2n) is 4.50. The highest BCUT2D eigenvalue weighted by Gasteiger charge is 2.31. The van der Waals surface area contributed by atoms with Gasteiger partial charge < -0.3 is 0 Å². The van der Waals surface area contributed by atoms with Gasteiger partial charge in [-0.15, -0.1) is 0 Å². The van der Waals surface area contributed by atoms with Crippen molar-refractivity contribution in [3.05, 3.63) is 29.3 Å². The van der Waals surface area contributed by atoms with E-state index in [2.05, 4.69) is 20.7 Å². The van der Waals surface area contributed by atoms with Crippen LogP contribution in [-0.4, -0.2) is 19.8 Å². The zero-order chi connectivity index (χ0) is 13.2. The lowest BCUT2D eigenvalue weighted by Gasteiger charge is -2.19. The van der Waals surface area contributed by atoms with Gasteiger partial charge in [-0.1, -0.05) is 46.1 Å². The Morgan fingerprint density at radius 1 is 1.33 bits per heavy atom. The molecule has 0 amide bonds. The van der Waals surface area contributed by atoms with E-state index in [4.69, 9.17) is 11.6 Å². The smallest absolute Gasteiger partial charge is 0.208 e. The van der Waals surface area contributed by atoms with E-state index < -0.39 is 10.0 Å². The van der Waals surface area contributed by atoms with E-state index in [1.807, 2.05) is 0 Å². The lowest BCUT2D eigenvalue weighted by Crippen LogP contribution is -2.37. The summed E-state index contributed by atoms with van der Waals surface area (Å²) in [5, 5.41) is 1.08. The summed E-state index contributed by atoms with van der Waals surface area (Å²) < 4.78 is 27.3. The first-order valence-corrected chi connectivity index (χ1v) is 8.85. The molecule has 1 fully saturated rings. The maximum absolute atomic E-state index is 12.3. The molecule has 0 aromatic heterocycles. The summed E-state index contributed by atoms with van der Waals surface area (Å²) in [5.41, 5.74) is 0. The molecule has 0 radical (unpaired) electrons. The average Bonchev–Trinajstić information content (AvgIpc) is 2.76. The van der Waals surface area contributed by atoms with Crippen molar-refractivity contribution in [3.63, 3.8) is 0 Å². The van der Waals surface area contributed by atoms with E-state index in [1.165, 1.54) is 6.07 Å². The minimum atomic E-state index is -3.52. The minimum absolute atomic E-state index is 0.00523. The number of alkyl halides is 1. The number of hydrogen-bond donors (Lipinski definition) is 1. The highest BCUT2D eigenvalue weighted by atomic mass is 79.9. The summed E-state index contributed by atoms with van der Waals surface area (Å²) in [5.74, 6) is 0.363. The van der Waals surface area contributed by atoms with Gasteiger partial charge >= 0.3 is 0 Å². The van der Waals surface area contributed by atoms with E-state index in [1.54, 1.807) is 18.2 Å². The molecule has 6 heteroatoms. The van der Waals surface area contributed by atoms with Crippen LogP contribution in [0.15, 0.2) is 29.2 Å². The van der Waals surface area contributed by atoms with Gasteiger partial charge in [0, 0.05) is 11.4 Å². The molecule has 1 aromatic carbocycles. The molecule has 1 aliphatic carbocycles. The first-order valence-electron chi connectivity index (χ1n) is 5.87. The van der Waals surface area contributed by atoms with Crippen molar-refractivity contribution in [1.82, 2.24) is 4.72 Å². The van der Waals surface area contributed by atoms with Crippen molar-refractivity contribution in [2.24, 2.45) is 5.92 Å². The minimum Gasteiger partial charge on any atom is -0.208 e. The average molecular weight is 353 g/mol. The Bertz CT molecular complexity index is 521. The van der Waals surface area contributed by atoms with Crippen molar-refractivity contribution in [2.45, 2.75) is 30.2 Å². The number of hydrogen-bond acceptors (Lipinski definition) is 2. The zero-order valence-corrected chi connectivity index (χ0v) is 12.9. The molecule has 2 rings (SSSR count). The Morgan fingerprint density at radius 3 is 2.72 bits per heavy atom. The van der Waals surface area contributed by atoms with Gasteiger partial charge in [0.2, 0.25) is 10.0 Å². The summed E-state index contributed by atoms with van der Waals surface area (Å²) in [6, 6.07) is 6.52. The molecule has 1 aromatic rings. The molecule has 1 saturated carbocycles. The van der Waals surface area contributed by atoms with Crippen LogP contribution in [0.25, 0.3) is 0 Å². The van der Waals surface area contributed by atoms with Gasteiger partial charge in [-0.25, -0.2) is 13.1 Å². The predicted octanol–water partition coefficient (Wildman–Crippen LogP) is 3.18. The third-order valence-corrected chi connectivity index (χ3v) is 6.11. The molecule has 1 N–H and O–H groups in total. The quantitative estimate of drug-likeness (QED) is 0.846. The third-order valence-electron chi connectivity index (χ3n) is 3.29. The van der Waals surface area contributed by atoms with Gasteiger partial charge in [-0.2, -0.15) is 0 Å². The monoisotopic (exact) mass is 351 g/mol. The van der Waals surface area contributed by atoms with Crippen LogP contribution in [0.4, 0.5) is 0 Å². The van der Waals surface area contributed by atoms with Crippen LogP contribution < -0.4 is 4.72 Å². The summed E-state index contributed by atoms with van der Waals surface area (Å²) >= 11 is 9.37. The van der Waals surface area contributed by atoms with Crippen molar-refractivity contribution in [3.8, 4) is 0 Å². The van der Waals surface area contributed by atoms with Crippen LogP contribution in [0.1, 0.15) is 19.3 Å². The fourth-order valence-corrected chi connectivity index (χ4v) is 4.94. The molecule has 0 saturated heterocycles. The van der Waals surface area contributed by atoms with Gasteiger partial charge in [0.15, 0.2) is 0 Å². The summed E-state index contributed by atoms with van der Waals surface area (Å²) in [6.45, 7) is 0. The maximum Gasteiger partial charge on any atom is 0.242 e. The second kappa shape index (κ2) is 5.90. The summed E-state index contributed by atoms with van der Waals surface area (Å²) in [7, 11) is -3.52. The van der Waals surface area contributed by atoms with E-state index in [0.717, 1.165) is 24.6 Å². The molecule has 1 aliphatic rings. The fourth-order valence-electron chi connectivity index (χ4n) is 2.30. The fraction of sp³-hybridized carbons (Fsp3) is 0.500. The molecule has 2 atom stereocenters. The molecule has 0 spiro atoms. The highest BCUT2D eigenvalue weighted by molar-refractivity contribution is 9.09. The number of nitrogens with one attached hydrogen (secondary N) is 1. The molecular formula is C12H15BrClNO2S. The highest BCUT2D eigenvalue weighted by Crippen LogP contribution is 2.29. The first-order chi connectivity index (χ1) is 8.54. The molecule has 0 aliphatic heterocycles. The van der Waals surface area contributed by atoms with Gasteiger partial charge in [0.05, 0.1) is 5.02 Å². The van der Waals surface area contributed by atoms with Crippen LogP contribution in [0, 0.1) is 5.92 Å². The first kappa shape index (κ1) is 14.3. The molecule has 0 bridgehead atoms. The molecule has 0 heterocycles. The molecule has 3 nitrogen and oxygen atoms in total. The largest absolute Gasteiger partial charge is 0.242 e. The van der Waals surface area contributed by atoms with Crippen molar-refractivity contribution < 1.29 is 8.42 Å². The maximum atomic E-state index is 12.3. The van der Waals surface area contributed by atoms with Crippen LogP contribution in [0.3, 0.4) is 0 Å². The number of sulfonamides is 1. The molecular weight excluding hydrogens is 338 g/mol. The van der Waals surface area contributed by atoms with E-state index >= 15 is 0 Å². The van der Waals surface area contributed by atoms with Crippen LogP contribution in [0.5, 0.6) is 0 Å². The summed E-state index contributed by atoms with van der Waals surface area (Å²) in [4.78, 5) is 0.159. The number of benzene rings is 1. The van der Waals surface area contributed by atoms with Crippen molar-refractivity contribution >= 4 is 37.6 Å². The predicted molar refractivity (Wildman–Crippen MR) is 76.7 cm³/mol. The number of rotatable bonds is 4. The van der Waals surface area contributed by atoms with Crippen LogP contribution >= 0.6 is 27.5 Å².